The molecule has 1 saturated heterocycles. The molecule has 1 saturated carbocycles. The Balaban J connectivity index is 0.00000161. The number of rotatable bonds is 4. The molecule has 9 nitrogen and oxygen atoms in total. The summed E-state index contributed by atoms with van der Waals surface area (Å²) >= 11 is 0. The minimum atomic E-state index is -4.81. The molecule has 2 unspecified atom stereocenters. The third-order valence-corrected chi connectivity index (χ3v) is 4.02. The summed E-state index contributed by atoms with van der Waals surface area (Å²) in [6, 6.07) is -2.33. The van der Waals surface area contributed by atoms with Crippen LogP contribution in [0.4, 0.5) is 4.79 Å². The standard InChI is InChI=1S/C10H13N3O6S.Na.H/c11-9(14)7-3-6(5-1-2-5)8-4-12(7)10(15)13(8)19-20(16,17)18;;/h3,5,7-8H,1-2,4H2,(H2,11,14)(H,16,17,18);;. The second-order valence-electron chi connectivity index (χ2n) is 5.07. The quantitative estimate of drug-likeness (QED) is 0.363. The average molecular weight is 327 g/mol. The zero-order valence-corrected chi connectivity index (χ0v) is 11.1. The van der Waals surface area contributed by atoms with Crippen LogP contribution in [0.2, 0.25) is 0 Å². The van der Waals surface area contributed by atoms with Crippen LogP contribution in [0.3, 0.4) is 0 Å². The number of primary amides is 1. The number of fused-ring (bicyclic) bond motifs is 2. The van der Waals surface area contributed by atoms with Gasteiger partial charge < -0.3 is 10.6 Å². The third kappa shape index (κ3) is 3.10. The van der Waals surface area contributed by atoms with Crippen molar-refractivity contribution < 1.29 is 26.8 Å². The van der Waals surface area contributed by atoms with Gasteiger partial charge in [-0.15, -0.1) is 4.28 Å². The molecular weight excluding hydrogens is 313 g/mol. The Morgan fingerprint density at radius 2 is 2.05 bits per heavy atom. The molecule has 11 heteroatoms. The second kappa shape index (κ2) is 5.52. The fourth-order valence-corrected chi connectivity index (χ4v) is 3.07. The van der Waals surface area contributed by atoms with Gasteiger partial charge in [0.05, 0.1) is 6.54 Å². The molecule has 0 radical (unpaired) electrons. The molecule has 1 aliphatic carbocycles. The Labute approximate surface area is 143 Å². The number of carbonyl (C=O) groups excluding carboxylic acids is 2. The summed E-state index contributed by atoms with van der Waals surface area (Å²) in [7, 11) is -4.81. The summed E-state index contributed by atoms with van der Waals surface area (Å²) in [5, 5.41) is 0.600. The molecule has 3 amide bonds. The van der Waals surface area contributed by atoms with E-state index in [9.17, 15) is 18.0 Å². The van der Waals surface area contributed by atoms with Crippen LogP contribution in [0, 0.1) is 5.92 Å². The Morgan fingerprint density at radius 1 is 1.43 bits per heavy atom. The molecule has 2 fully saturated rings. The number of carbonyl (C=O) groups is 2. The summed E-state index contributed by atoms with van der Waals surface area (Å²) < 4.78 is 34.8. The minimum absolute atomic E-state index is 0. The first-order chi connectivity index (χ1) is 9.28. The summed E-state index contributed by atoms with van der Waals surface area (Å²) in [6.07, 6.45) is 3.41. The van der Waals surface area contributed by atoms with Gasteiger partial charge in [-0.3, -0.25) is 9.35 Å². The summed E-state index contributed by atoms with van der Waals surface area (Å²) in [4.78, 5) is 24.6. The molecule has 2 aliphatic heterocycles. The summed E-state index contributed by atoms with van der Waals surface area (Å²) in [5.74, 6) is -0.494. The van der Waals surface area contributed by atoms with Crippen molar-refractivity contribution >= 4 is 51.9 Å². The van der Waals surface area contributed by atoms with Crippen LogP contribution in [0.15, 0.2) is 11.6 Å². The van der Waals surface area contributed by atoms with E-state index in [4.69, 9.17) is 10.3 Å². The topological polar surface area (TPSA) is 130 Å². The Hall–Kier alpha value is -0.650. The number of amides is 3. The van der Waals surface area contributed by atoms with Crippen molar-refractivity contribution in [3.05, 3.63) is 11.6 Å². The van der Waals surface area contributed by atoms with Crippen LogP contribution < -0.4 is 5.73 Å². The van der Waals surface area contributed by atoms with E-state index in [0.29, 0.717) is 5.06 Å². The van der Waals surface area contributed by atoms with Crippen molar-refractivity contribution in [2.75, 3.05) is 6.54 Å². The van der Waals surface area contributed by atoms with Gasteiger partial charge in [-0.05, 0) is 24.3 Å². The van der Waals surface area contributed by atoms with Crippen LogP contribution >= 0.6 is 0 Å². The fraction of sp³-hybridized carbons (Fsp3) is 0.600. The van der Waals surface area contributed by atoms with Crippen LogP contribution in [-0.2, 0) is 19.5 Å². The van der Waals surface area contributed by atoms with Gasteiger partial charge in [-0.25, -0.2) is 4.79 Å². The monoisotopic (exact) mass is 327 g/mol. The van der Waals surface area contributed by atoms with E-state index < -0.39 is 34.4 Å². The van der Waals surface area contributed by atoms with Gasteiger partial charge in [0.2, 0.25) is 5.91 Å². The van der Waals surface area contributed by atoms with E-state index in [1.807, 2.05) is 0 Å². The van der Waals surface area contributed by atoms with E-state index >= 15 is 0 Å². The van der Waals surface area contributed by atoms with Gasteiger partial charge in [0.1, 0.15) is 12.1 Å². The molecule has 3 aliphatic rings. The number of hydroxylamine groups is 2. The van der Waals surface area contributed by atoms with Crippen molar-refractivity contribution in [2.45, 2.75) is 24.9 Å². The van der Waals surface area contributed by atoms with Gasteiger partial charge in [0.25, 0.3) is 0 Å². The Kier molecular flexibility index (Phi) is 4.40. The average Bonchev–Trinajstić information content (AvgIpc) is 3.13. The zero-order valence-electron chi connectivity index (χ0n) is 10.3. The van der Waals surface area contributed by atoms with Gasteiger partial charge >= 0.3 is 46.0 Å². The molecule has 2 atom stereocenters. The Bertz CT molecular complexity index is 616. The van der Waals surface area contributed by atoms with E-state index in [-0.39, 0.29) is 42.0 Å². The summed E-state index contributed by atoms with van der Waals surface area (Å²) in [5.41, 5.74) is 6.03. The van der Waals surface area contributed by atoms with Gasteiger partial charge in [-0.2, -0.15) is 13.5 Å². The number of hydrogen-bond donors (Lipinski definition) is 2. The van der Waals surface area contributed by atoms with Crippen molar-refractivity contribution in [1.82, 2.24) is 9.96 Å². The molecule has 3 N–H and O–H groups in total. The second-order valence-corrected chi connectivity index (χ2v) is 6.07. The van der Waals surface area contributed by atoms with E-state index in [2.05, 4.69) is 4.28 Å². The van der Waals surface area contributed by atoms with Crippen molar-refractivity contribution in [1.29, 1.82) is 0 Å². The first-order valence-corrected chi connectivity index (χ1v) is 7.42. The van der Waals surface area contributed by atoms with Crippen LogP contribution in [0.1, 0.15) is 12.8 Å². The van der Waals surface area contributed by atoms with E-state index in [1.54, 1.807) is 6.08 Å². The summed E-state index contributed by atoms with van der Waals surface area (Å²) in [6.45, 7) is 0.115. The molecule has 0 spiro atoms. The van der Waals surface area contributed by atoms with Crippen molar-refractivity contribution in [3.63, 3.8) is 0 Å². The molecule has 2 heterocycles. The third-order valence-electron chi connectivity index (χ3n) is 3.67. The van der Waals surface area contributed by atoms with Crippen LogP contribution in [-0.4, -0.2) is 83.1 Å². The SMILES string of the molecule is NC(=O)C1C=C(C2CC2)C2CN1C(=O)N2OS(=O)(=O)O.[NaH]. The van der Waals surface area contributed by atoms with Crippen molar-refractivity contribution in [3.8, 4) is 0 Å². The molecular formula is C10H14N3NaO6S. The molecule has 2 bridgehead atoms. The normalized spacial score (nSPS) is 28.2. The zero-order chi connectivity index (χ0) is 14.7. The van der Waals surface area contributed by atoms with Crippen molar-refractivity contribution in [2.24, 2.45) is 11.7 Å². The number of nitrogens with two attached hydrogens (primary N) is 1. The Morgan fingerprint density at radius 3 is 2.52 bits per heavy atom. The molecule has 0 aromatic heterocycles. The maximum absolute atomic E-state index is 12.1. The first-order valence-electron chi connectivity index (χ1n) is 6.05. The first kappa shape index (κ1) is 16.7. The van der Waals surface area contributed by atoms with E-state index in [1.165, 1.54) is 0 Å². The number of nitrogens with zero attached hydrogens (tertiary/aromatic N) is 2. The molecule has 0 aromatic rings. The molecule has 3 rings (SSSR count). The maximum atomic E-state index is 12.1. The van der Waals surface area contributed by atoms with Gasteiger partial charge in [0, 0.05) is 0 Å². The van der Waals surface area contributed by atoms with E-state index in [0.717, 1.165) is 23.3 Å². The van der Waals surface area contributed by atoms with Gasteiger partial charge in [-0.1, -0.05) is 6.08 Å². The van der Waals surface area contributed by atoms with Gasteiger partial charge in [0.15, 0.2) is 0 Å². The van der Waals surface area contributed by atoms with Crippen LogP contribution in [0.5, 0.6) is 0 Å². The number of hydrogen-bond acceptors (Lipinski definition) is 5. The number of urea groups is 1. The molecule has 0 aromatic carbocycles. The predicted molar refractivity (Wildman–Crippen MR) is 71.3 cm³/mol. The van der Waals surface area contributed by atoms with Crippen LogP contribution in [0.25, 0.3) is 0 Å². The fourth-order valence-electron chi connectivity index (χ4n) is 2.70. The molecule has 21 heavy (non-hydrogen) atoms. The molecule has 112 valence electrons. The predicted octanol–water partition coefficient (Wildman–Crippen LogP) is -1.62.